The van der Waals surface area contributed by atoms with Gasteiger partial charge in [-0.25, -0.2) is 4.98 Å². The molecule has 3 rings (SSSR count). The summed E-state index contributed by atoms with van der Waals surface area (Å²) in [6.45, 7) is 11.8. The van der Waals surface area contributed by atoms with Crippen molar-refractivity contribution in [2.45, 2.75) is 52.9 Å². The summed E-state index contributed by atoms with van der Waals surface area (Å²) < 4.78 is 1.40. The van der Waals surface area contributed by atoms with Crippen LogP contribution in [0.25, 0.3) is 4.96 Å². The fourth-order valence-corrected chi connectivity index (χ4v) is 4.87. The summed E-state index contributed by atoms with van der Waals surface area (Å²) >= 11 is 1.45. The maximum atomic E-state index is 12.5. The number of carbonyl (C=O) groups excluding carboxylic acids is 1. The summed E-state index contributed by atoms with van der Waals surface area (Å²) in [5.41, 5.74) is 0.707. The lowest BCUT2D eigenvalue weighted by Gasteiger charge is -2.30. The highest BCUT2D eigenvalue weighted by Gasteiger charge is 2.26. The average Bonchev–Trinajstić information content (AvgIpc) is 3.19. The molecule has 1 aliphatic heterocycles. The normalized spacial score (nSPS) is 15.3. The van der Waals surface area contributed by atoms with Crippen molar-refractivity contribution < 1.29 is 4.79 Å². The highest BCUT2D eigenvalue weighted by Crippen LogP contribution is 2.27. The van der Waals surface area contributed by atoms with Crippen LogP contribution < -0.4 is 15.8 Å². The first-order valence-corrected chi connectivity index (χ1v) is 12.0. The zero-order valence-electron chi connectivity index (χ0n) is 18.4. The van der Waals surface area contributed by atoms with Crippen LogP contribution in [0.4, 0.5) is 5.13 Å². The Morgan fingerprint density at radius 2 is 2.00 bits per heavy atom. The van der Waals surface area contributed by atoms with E-state index in [2.05, 4.69) is 46.0 Å². The van der Waals surface area contributed by atoms with Gasteiger partial charge in [0.2, 0.25) is 16.0 Å². The summed E-state index contributed by atoms with van der Waals surface area (Å²) in [5.74, 6) is 0.224. The van der Waals surface area contributed by atoms with Gasteiger partial charge in [0.25, 0.3) is 5.56 Å². The van der Waals surface area contributed by atoms with Crippen molar-refractivity contribution in [1.82, 2.24) is 24.8 Å². The molecule has 0 aromatic carbocycles. The van der Waals surface area contributed by atoms with Gasteiger partial charge in [0.15, 0.2) is 0 Å². The van der Waals surface area contributed by atoms with Gasteiger partial charge in [-0.1, -0.05) is 38.5 Å². The molecule has 30 heavy (non-hydrogen) atoms. The van der Waals surface area contributed by atoms with Crippen molar-refractivity contribution in [3.8, 4) is 0 Å². The second-order valence-electron chi connectivity index (χ2n) is 7.85. The minimum Gasteiger partial charge on any atom is -0.356 e. The minimum atomic E-state index is -0.120. The van der Waals surface area contributed by atoms with Crippen LogP contribution in [0.3, 0.4) is 0 Å². The van der Waals surface area contributed by atoms with Crippen LogP contribution in [-0.2, 0) is 11.2 Å². The number of aromatic nitrogens is 3. The number of nitrogens with one attached hydrogen (secondary N) is 1. The van der Waals surface area contributed by atoms with Gasteiger partial charge in [-0.05, 0) is 45.3 Å². The Kier molecular flexibility index (Phi) is 8.21. The zero-order valence-corrected chi connectivity index (χ0v) is 19.2. The number of amides is 1. The Balaban J connectivity index is 1.51. The van der Waals surface area contributed by atoms with E-state index in [0.29, 0.717) is 4.96 Å². The largest absolute Gasteiger partial charge is 0.356 e. The predicted molar refractivity (Wildman–Crippen MR) is 121 cm³/mol. The Bertz CT molecular complexity index is 883. The van der Waals surface area contributed by atoms with Crippen molar-refractivity contribution in [3.05, 3.63) is 22.1 Å². The van der Waals surface area contributed by atoms with Gasteiger partial charge in [-0.15, -0.1) is 5.10 Å². The quantitative estimate of drug-likeness (QED) is 0.577. The Hall–Kier alpha value is -2.00. The summed E-state index contributed by atoms with van der Waals surface area (Å²) in [7, 11) is 0. The molecule has 1 fully saturated rings. The lowest BCUT2D eigenvalue weighted by atomic mass is 9.96. The molecule has 0 saturated carbocycles. The van der Waals surface area contributed by atoms with Gasteiger partial charge in [-0.3, -0.25) is 9.59 Å². The molecule has 0 aliphatic carbocycles. The molecule has 8 nitrogen and oxygen atoms in total. The molecule has 0 bridgehead atoms. The van der Waals surface area contributed by atoms with Crippen molar-refractivity contribution in [2.75, 3.05) is 44.2 Å². The van der Waals surface area contributed by atoms with E-state index in [-0.39, 0.29) is 17.4 Å². The number of carbonyl (C=O) groups is 1. The van der Waals surface area contributed by atoms with Crippen molar-refractivity contribution in [3.63, 3.8) is 0 Å². The van der Waals surface area contributed by atoms with E-state index in [1.54, 1.807) is 6.07 Å². The number of anilines is 1. The van der Waals surface area contributed by atoms with Gasteiger partial charge in [-0.2, -0.15) is 4.52 Å². The van der Waals surface area contributed by atoms with Gasteiger partial charge in [0.05, 0.1) is 0 Å². The van der Waals surface area contributed by atoms with Crippen LogP contribution in [0.5, 0.6) is 0 Å². The van der Waals surface area contributed by atoms with Gasteiger partial charge in [0, 0.05) is 37.3 Å². The summed E-state index contributed by atoms with van der Waals surface area (Å²) in [5, 5.41) is 8.40. The van der Waals surface area contributed by atoms with Gasteiger partial charge in [0.1, 0.15) is 0 Å². The van der Waals surface area contributed by atoms with E-state index in [9.17, 15) is 9.59 Å². The third-order valence-electron chi connectivity index (χ3n) is 5.77. The van der Waals surface area contributed by atoms with Gasteiger partial charge < -0.3 is 15.1 Å². The number of rotatable bonds is 10. The number of fused-ring (bicyclic) bond motifs is 1. The van der Waals surface area contributed by atoms with Crippen LogP contribution in [0, 0.1) is 5.92 Å². The second kappa shape index (κ2) is 10.9. The number of hydrogen-bond donors (Lipinski definition) is 1. The molecular weight excluding hydrogens is 400 g/mol. The minimum absolute atomic E-state index is 0.0566. The predicted octanol–water partition coefficient (Wildman–Crippen LogP) is 2.17. The van der Waals surface area contributed by atoms with E-state index in [4.69, 9.17) is 0 Å². The zero-order chi connectivity index (χ0) is 21.5. The van der Waals surface area contributed by atoms with E-state index in [1.165, 1.54) is 15.9 Å². The third kappa shape index (κ3) is 5.57. The number of aryl methyl sites for hydroxylation is 1. The highest BCUT2D eigenvalue weighted by atomic mass is 32.1. The molecule has 9 heteroatoms. The molecule has 0 radical (unpaired) electrons. The van der Waals surface area contributed by atoms with E-state index >= 15 is 0 Å². The molecule has 1 aliphatic rings. The molecule has 166 valence electrons. The monoisotopic (exact) mass is 434 g/mol. The molecule has 0 unspecified atom stereocenters. The van der Waals surface area contributed by atoms with E-state index in [0.717, 1.165) is 82.2 Å². The number of hydrogen-bond acceptors (Lipinski definition) is 7. The highest BCUT2D eigenvalue weighted by molar-refractivity contribution is 7.20. The van der Waals surface area contributed by atoms with Crippen LogP contribution >= 0.6 is 11.3 Å². The molecule has 2 aromatic heterocycles. The van der Waals surface area contributed by atoms with Crippen LogP contribution in [0.2, 0.25) is 0 Å². The molecule has 1 N–H and O–H groups in total. The lowest BCUT2D eigenvalue weighted by Crippen LogP contribution is -2.41. The van der Waals surface area contributed by atoms with E-state index in [1.807, 2.05) is 0 Å². The van der Waals surface area contributed by atoms with Crippen LogP contribution in [0.15, 0.2) is 10.9 Å². The first-order chi connectivity index (χ1) is 14.5. The standard InChI is InChI=1S/C21H34N6O2S/c1-4-8-17-15-18(28)27-20(23-17)30-21(24-27)26-13-9-16(10-14-26)19(29)22-11-7-12-25(5-2)6-3/h15-16H,4-14H2,1-3H3,(H,22,29). The SMILES string of the molecule is CCCc1cc(=O)n2nc(N3CCC(C(=O)NCCCN(CC)CC)CC3)sc2n1. The van der Waals surface area contributed by atoms with Crippen molar-refractivity contribution in [1.29, 1.82) is 0 Å². The number of nitrogens with zero attached hydrogens (tertiary/aromatic N) is 5. The molecule has 2 aromatic rings. The van der Waals surface area contributed by atoms with Gasteiger partial charge >= 0.3 is 0 Å². The third-order valence-corrected chi connectivity index (χ3v) is 6.74. The topological polar surface area (TPSA) is 82.8 Å². The number of piperidine rings is 1. The van der Waals surface area contributed by atoms with Crippen LogP contribution in [0.1, 0.15) is 52.1 Å². The Labute approximate surface area is 182 Å². The molecule has 3 heterocycles. The lowest BCUT2D eigenvalue weighted by molar-refractivity contribution is -0.125. The maximum absolute atomic E-state index is 12.5. The Morgan fingerprint density at radius 1 is 1.27 bits per heavy atom. The Morgan fingerprint density at radius 3 is 2.67 bits per heavy atom. The molecule has 1 amide bonds. The first-order valence-electron chi connectivity index (χ1n) is 11.2. The molecule has 0 spiro atoms. The first kappa shape index (κ1) is 22.7. The van der Waals surface area contributed by atoms with Crippen LogP contribution in [-0.4, -0.2) is 64.7 Å². The fourth-order valence-electron chi connectivity index (χ4n) is 3.89. The summed E-state index contributed by atoms with van der Waals surface area (Å²) in [4.78, 5) is 34.6. The molecule has 0 atom stereocenters. The fraction of sp³-hybridized carbons (Fsp3) is 0.714. The summed E-state index contributed by atoms with van der Waals surface area (Å²) in [6, 6.07) is 1.58. The summed E-state index contributed by atoms with van der Waals surface area (Å²) in [6.07, 6.45) is 4.36. The van der Waals surface area contributed by atoms with E-state index < -0.39 is 0 Å². The maximum Gasteiger partial charge on any atom is 0.275 e. The smallest absolute Gasteiger partial charge is 0.275 e. The van der Waals surface area contributed by atoms with Crippen molar-refractivity contribution in [2.24, 2.45) is 5.92 Å². The molecular formula is C21H34N6O2S. The average molecular weight is 435 g/mol. The van der Waals surface area contributed by atoms with Crippen molar-refractivity contribution >= 4 is 27.3 Å². The second-order valence-corrected chi connectivity index (χ2v) is 8.78. The molecule has 1 saturated heterocycles.